The molecule has 0 saturated heterocycles. The SMILES string of the molecule is CN(C1CC1)S(=O)(=O)c1ccc(F)cc1Br. The summed E-state index contributed by atoms with van der Waals surface area (Å²) in [5.74, 6) is -0.458. The van der Waals surface area contributed by atoms with E-state index in [0.29, 0.717) is 0 Å². The van der Waals surface area contributed by atoms with Crippen LogP contribution in [0.3, 0.4) is 0 Å². The van der Waals surface area contributed by atoms with Crippen molar-refractivity contribution < 1.29 is 12.8 Å². The first-order valence-corrected chi connectivity index (χ1v) is 7.09. The first kappa shape index (κ1) is 12.0. The third kappa shape index (κ3) is 2.14. The van der Waals surface area contributed by atoms with Crippen molar-refractivity contribution in [1.82, 2.24) is 4.31 Å². The minimum absolute atomic E-state index is 0.0990. The normalized spacial score (nSPS) is 16.8. The maximum Gasteiger partial charge on any atom is 0.244 e. The molecule has 16 heavy (non-hydrogen) atoms. The summed E-state index contributed by atoms with van der Waals surface area (Å²) < 4.78 is 38.7. The molecule has 2 rings (SSSR count). The monoisotopic (exact) mass is 307 g/mol. The predicted octanol–water partition coefficient (Wildman–Crippen LogP) is 2.37. The van der Waals surface area contributed by atoms with E-state index in [4.69, 9.17) is 0 Å². The molecule has 0 radical (unpaired) electrons. The Morgan fingerprint density at radius 2 is 2.06 bits per heavy atom. The zero-order chi connectivity index (χ0) is 11.9. The lowest BCUT2D eigenvalue weighted by atomic mass is 10.3. The number of sulfonamides is 1. The Kier molecular flexibility index (Phi) is 3.07. The second kappa shape index (κ2) is 4.09. The highest BCUT2D eigenvalue weighted by Gasteiger charge is 2.35. The lowest BCUT2D eigenvalue weighted by Crippen LogP contribution is -2.29. The summed E-state index contributed by atoms with van der Waals surface area (Å²) in [6.07, 6.45) is 1.79. The van der Waals surface area contributed by atoms with Gasteiger partial charge in [-0.25, -0.2) is 12.8 Å². The van der Waals surface area contributed by atoms with Gasteiger partial charge in [0.05, 0.1) is 4.90 Å². The van der Waals surface area contributed by atoms with Crippen molar-refractivity contribution in [2.75, 3.05) is 7.05 Å². The highest BCUT2D eigenvalue weighted by Crippen LogP contribution is 2.33. The molecule has 0 atom stereocenters. The number of benzene rings is 1. The van der Waals surface area contributed by atoms with Crippen LogP contribution in [0.5, 0.6) is 0 Å². The average molecular weight is 308 g/mol. The molecule has 3 nitrogen and oxygen atoms in total. The van der Waals surface area contributed by atoms with Crippen LogP contribution in [0.2, 0.25) is 0 Å². The van der Waals surface area contributed by atoms with Gasteiger partial charge in [0.1, 0.15) is 5.82 Å². The van der Waals surface area contributed by atoms with Crippen LogP contribution < -0.4 is 0 Å². The fourth-order valence-corrected chi connectivity index (χ4v) is 3.90. The molecule has 6 heteroatoms. The highest BCUT2D eigenvalue weighted by atomic mass is 79.9. The summed E-state index contributed by atoms with van der Waals surface area (Å²) in [5, 5.41) is 0. The minimum Gasteiger partial charge on any atom is -0.207 e. The minimum atomic E-state index is -3.50. The molecule has 0 N–H and O–H groups in total. The van der Waals surface area contributed by atoms with Gasteiger partial charge < -0.3 is 0 Å². The van der Waals surface area contributed by atoms with Crippen molar-refractivity contribution in [2.45, 2.75) is 23.8 Å². The van der Waals surface area contributed by atoms with Gasteiger partial charge in [0, 0.05) is 17.6 Å². The topological polar surface area (TPSA) is 37.4 Å². The molecule has 1 aromatic rings. The van der Waals surface area contributed by atoms with E-state index in [1.807, 2.05) is 0 Å². The molecule has 88 valence electrons. The maximum atomic E-state index is 12.9. The molecule has 0 aromatic heterocycles. The Hall–Kier alpha value is -0.460. The molecule has 1 aliphatic carbocycles. The van der Waals surface area contributed by atoms with Gasteiger partial charge in [-0.1, -0.05) is 0 Å². The van der Waals surface area contributed by atoms with Gasteiger partial charge in [0.2, 0.25) is 10.0 Å². The second-order valence-corrected chi connectivity index (χ2v) is 6.65. The van der Waals surface area contributed by atoms with Crippen molar-refractivity contribution in [3.63, 3.8) is 0 Å². The van der Waals surface area contributed by atoms with E-state index in [9.17, 15) is 12.8 Å². The lowest BCUT2D eigenvalue weighted by Gasteiger charge is -2.17. The number of hydrogen-bond donors (Lipinski definition) is 0. The quantitative estimate of drug-likeness (QED) is 0.860. The second-order valence-electron chi connectivity index (χ2n) is 3.83. The molecule has 0 heterocycles. The van der Waals surface area contributed by atoms with Gasteiger partial charge in [-0.15, -0.1) is 0 Å². The number of nitrogens with zero attached hydrogens (tertiary/aromatic N) is 1. The van der Waals surface area contributed by atoms with Gasteiger partial charge in [0.15, 0.2) is 0 Å². The largest absolute Gasteiger partial charge is 0.244 e. The zero-order valence-electron chi connectivity index (χ0n) is 8.65. The van der Waals surface area contributed by atoms with Gasteiger partial charge in [0.25, 0.3) is 0 Å². The molecule has 0 aliphatic heterocycles. The lowest BCUT2D eigenvalue weighted by molar-refractivity contribution is 0.463. The maximum absolute atomic E-state index is 12.9. The molecule has 0 bridgehead atoms. The molecule has 0 spiro atoms. The fourth-order valence-electron chi connectivity index (χ4n) is 1.47. The average Bonchev–Trinajstić information content (AvgIpc) is 2.98. The first-order chi connectivity index (χ1) is 7.43. The summed E-state index contributed by atoms with van der Waals surface area (Å²) in [5.41, 5.74) is 0. The summed E-state index contributed by atoms with van der Waals surface area (Å²) in [6.45, 7) is 0. The van der Waals surface area contributed by atoms with E-state index >= 15 is 0 Å². The van der Waals surface area contributed by atoms with Crippen LogP contribution in [-0.4, -0.2) is 25.8 Å². The summed E-state index contributed by atoms with van der Waals surface area (Å²) in [4.78, 5) is 0.114. The van der Waals surface area contributed by atoms with Crippen LogP contribution in [0.15, 0.2) is 27.6 Å². The third-order valence-corrected chi connectivity index (χ3v) is 5.50. The molecule has 1 aliphatic rings. The van der Waals surface area contributed by atoms with E-state index < -0.39 is 15.8 Å². The van der Waals surface area contributed by atoms with Crippen LogP contribution in [-0.2, 0) is 10.0 Å². The standard InChI is InChI=1S/C10H11BrFNO2S/c1-13(8-3-4-8)16(14,15)10-5-2-7(12)6-9(10)11/h2,5-6,8H,3-4H2,1H3. The van der Waals surface area contributed by atoms with Crippen LogP contribution in [0.25, 0.3) is 0 Å². The molecular weight excluding hydrogens is 297 g/mol. The molecule has 1 aromatic carbocycles. The van der Waals surface area contributed by atoms with E-state index in [-0.39, 0.29) is 15.4 Å². The van der Waals surface area contributed by atoms with Crippen LogP contribution >= 0.6 is 15.9 Å². The summed E-state index contributed by atoms with van der Waals surface area (Å²) in [6, 6.07) is 3.70. The van der Waals surface area contributed by atoms with Gasteiger partial charge in [-0.3, -0.25) is 0 Å². The molecule has 0 unspecified atom stereocenters. The first-order valence-electron chi connectivity index (χ1n) is 4.86. The Balaban J connectivity index is 2.42. The van der Waals surface area contributed by atoms with Crippen molar-refractivity contribution in [1.29, 1.82) is 0 Å². The Morgan fingerprint density at radius 3 is 2.56 bits per heavy atom. The Bertz CT molecular complexity index is 514. The van der Waals surface area contributed by atoms with Crippen LogP contribution in [0, 0.1) is 5.82 Å². The summed E-state index contributed by atoms with van der Waals surface area (Å²) in [7, 11) is -1.95. The molecule has 1 fully saturated rings. The highest BCUT2D eigenvalue weighted by molar-refractivity contribution is 9.10. The predicted molar refractivity (Wildman–Crippen MR) is 62.1 cm³/mol. The van der Waals surface area contributed by atoms with Crippen molar-refractivity contribution in [2.24, 2.45) is 0 Å². The van der Waals surface area contributed by atoms with E-state index in [0.717, 1.165) is 25.0 Å². The number of rotatable bonds is 3. The third-order valence-electron chi connectivity index (χ3n) is 2.61. The molecular formula is C10H11BrFNO2S. The summed E-state index contributed by atoms with van der Waals surface area (Å²) >= 11 is 3.07. The molecule has 0 amide bonds. The zero-order valence-corrected chi connectivity index (χ0v) is 11.1. The van der Waals surface area contributed by atoms with Gasteiger partial charge in [-0.05, 0) is 47.0 Å². The van der Waals surface area contributed by atoms with Gasteiger partial charge >= 0.3 is 0 Å². The fraction of sp³-hybridized carbons (Fsp3) is 0.400. The van der Waals surface area contributed by atoms with Crippen LogP contribution in [0.4, 0.5) is 4.39 Å². The van der Waals surface area contributed by atoms with Crippen LogP contribution in [0.1, 0.15) is 12.8 Å². The smallest absolute Gasteiger partial charge is 0.207 e. The van der Waals surface area contributed by atoms with Crippen molar-refractivity contribution >= 4 is 26.0 Å². The molecule has 1 saturated carbocycles. The van der Waals surface area contributed by atoms with Gasteiger partial charge in [-0.2, -0.15) is 4.31 Å². The number of halogens is 2. The van der Waals surface area contributed by atoms with E-state index in [1.165, 1.54) is 10.4 Å². The van der Waals surface area contributed by atoms with E-state index in [1.54, 1.807) is 7.05 Å². The Labute approximate surface area is 102 Å². The van der Waals surface area contributed by atoms with Crippen molar-refractivity contribution in [3.05, 3.63) is 28.5 Å². The van der Waals surface area contributed by atoms with Crippen molar-refractivity contribution in [3.8, 4) is 0 Å². The Morgan fingerprint density at radius 1 is 1.44 bits per heavy atom. The number of hydrogen-bond acceptors (Lipinski definition) is 2. The van der Waals surface area contributed by atoms with E-state index in [2.05, 4.69) is 15.9 Å².